The van der Waals surface area contributed by atoms with Crippen LogP contribution in [0.2, 0.25) is 0 Å². The first-order valence-electron chi connectivity index (χ1n) is 5.63. The number of hydrogen-bond acceptors (Lipinski definition) is 4. The summed E-state index contributed by atoms with van der Waals surface area (Å²) in [5, 5.41) is 14.1. The standard InChI is InChI=1S/C12H18N2O3/c1-4-9(2)13-8-10-5-6-12(17-3)11(7-10)14(15)16/h5-7,9,13H,4,8H2,1-3H3. The maximum absolute atomic E-state index is 10.8. The fourth-order valence-corrected chi connectivity index (χ4v) is 1.42. The highest BCUT2D eigenvalue weighted by atomic mass is 16.6. The Bertz CT molecular complexity index is 393. The molecule has 5 heteroatoms. The second-order valence-corrected chi connectivity index (χ2v) is 3.95. The van der Waals surface area contributed by atoms with Crippen molar-refractivity contribution < 1.29 is 9.66 Å². The minimum absolute atomic E-state index is 0.0101. The molecule has 0 aliphatic heterocycles. The predicted molar refractivity (Wildman–Crippen MR) is 66.2 cm³/mol. The Morgan fingerprint density at radius 3 is 2.76 bits per heavy atom. The van der Waals surface area contributed by atoms with Crippen molar-refractivity contribution >= 4 is 5.69 Å². The van der Waals surface area contributed by atoms with Crippen LogP contribution >= 0.6 is 0 Å². The average molecular weight is 238 g/mol. The zero-order valence-electron chi connectivity index (χ0n) is 10.4. The molecule has 1 rings (SSSR count). The van der Waals surface area contributed by atoms with Crippen molar-refractivity contribution in [3.63, 3.8) is 0 Å². The first-order chi connectivity index (χ1) is 8.08. The summed E-state index contributed by atoms with van der Waals surface area (Å²) in [4.78, 5) is 10.4. The third-order valence-corrected chi connectivity index (χ3v) is 2.71. The number of nitrogens with zero attached hydrogens (tertiary/aromatic N) is 1. The largest absolute Gasteiger partial charge is 0.490 e. The SMILES string of the molecule is CCC(C)NCc1ccc(OC)c([N+](=O)[O-])c1. The van der Waals surface area contributed by atoms with Crippen molar-refractivity contribution in [2.75, 3.05) is 7.11 Å². The highest BCUT2D eigenvalue weighted by Gasteiger charge is 2.14. The third kappa shape index (κ3) is 3.71. The minimum Gasteiger partial charge on any atom is -0.490 e. The van der Waals surface area contributed by atoms with E-state index in [1.807, 2.05) is 6.07 Å². The number of benzene rings is 1. The van der Waals surface area contributed by atoms with Crippen LogP contribution in [0.3, 0.4) is 0 Å². The first kappa shape index (κ1) is 13.4. The number of rotatable bonds is 6. The molecule has 0 radical (unpaired) electrons. The summed E-state index contributed by atoms with van der Waals surface area (Å²) in [7, 11) is 1.43. The van der Waals surface area contributed by atoms with E-state index in [1.165, 1.54) is 7.11 Å². The van der Waals surface area contributed by atoms with Gasteiger partial charge in [0.2, 0.25) is 0 Å². The second-order valence-electron chi connectivity index (χ2n) is 3.95. The Kier molecular flexibility index (Phi) is 4.90. The van der Waals surface area contributed by atoms with Gasteiger partial charge in [-0.15, -0.1) is 0 Å². The van der Waals surface area contributed by atoms with E-state index in [4.69, 9.17) is 4.74 Å². The molecule has 1 atom stereocenters. The van der Waals surface area contributed by atoms with Gasteiger partial charge in [-0.1, -0.05) is 13.0 Å². The Hall–Kier alpha value is -1.62. The van der Waals surface area contributed by atoms with Gasteiger partial charge in [-0.3, -0.25) is 10.1 Å². The summed E-state index contributed by atoms with van der Waals surface area (Å²) in [5.41, 5.74) is 0.897. The molecule has 0 spiro atoms. The molecular formula is C12H18N2O3. The maximum atomic E-state index is 10.8. The van der Waals surface area contributed by atoms with Crippen molar-refractivity contribution in [2.24, 2.45) is 0 Å². The number of ether oxygens (including phenoxy) is 1. The zero-order valence-corrected chi connectivity index (χ0v) is 10.4. The second kappa shape index (κ2) is 6.20. The minimum atomic E-state index is -0.425. The molecule has 1 aromatic carbocycles. The molecular weight excluding hydrogens is 220 g/mol. The molecule has 0 amide bonds. The molecule has 0 aliphatic carbocycles. The van der Waals surface area contributed by atoms with Crippen LogP contribution in [0.15, 0.2) is 18.2 Å². The van der Waals surface area contributed by atoms with Crippen molar-refractivity contribution in [1.29, 1.82) is 0 Å². The van der Waals surface area contributed by atoms with E-state index in [0.29, 0.717) is 18.3 Å². The number of nitro groups is 1. The predicted octanol–water partition coefficient (Wildman–Crippen LogP) is 2.49. The van der Waals surface area contributed by atoms with Crippen LogP contribution in [0.5, 0.6) is 5.75 Å². The van der Waals surface area contributed by atoms with Crippen LogP contribution in [0.4, 0.5) is 5.69 Å². The lowest BCUT2D eigenvalue weighted by molar-refractivity contribution is -0.385. The van der Waals surface area contributed by atoms with E-state index in [0.717, 1.165) is 12.0 Å². The summed E-state index contributed by atoms with van der Waals surface area (Å²) in [6, 6.07) is 5.41. The Balaban J connectivity index is 2.81. The quantitative estimate of drug-likeness (QED) is 0.611. The van der Waals surface area contributed by atoms with Gasteiger partial charge < -0.3 is 10.1 Å². The first-order valence-corrected chi connectivity index (χ1v) is 5.63. The molecule has 5 nitrogen and oxygen atoms in total. The molecule has 0 heterocycles. The highest BCUT2D eigenvalue weighted by molar-refractivity contribution is 5.48. The van der Waals surface area contributed by atoms with Gasteiger partial charge in [0, 0.05) is 18.7 Å². The molecule has 94 valence electrons. The molecule has 17 heavy (non-hydrogen) atoms. The van der Waals surface area contributed by atoms with Gasteiger partial charge in [-0.25, -0.2) is 0 Å². The van der Waals surface area contributed by atoms with Crippen molar-refractivity contribution in [1.82, 2.24) is 5.32 Å². The fourth-order valence-electron chi connectivity index (χ4n) is 1.42. The molecule has 1 unspecified atom stereocenters. The van der Waals surface area contributed by atoms with Gasteiger partial charge in [0.25, 0.3) is 0 Å². The van der Waals surface area contributed by atoms with Crippen LogP contribution in [0.1, 0.15) is 25.8 Å². The molecule has 0 saturated heterocycles. The van der Waals surface area contributed by atoms with Crippen LogP contribution in [0, 0.1) is 10.1 Å². The van der Waals surface area contributed by atoms with Crippen LogP contribution in [0.25, 0.3) is 0 Å². The van der Waals surface area contributed by atoms with Gasteiger partial charge in [0.1, 0.15) is 0 Å². The summed E-state index contributed by atoms with van der Waals surface area (Å²) >= 11 is 0. The highest BCUT2D eigenvalue weighted by Crippen LogP contribution is 2.27. The fraction of sp³-hybridized carbons (Fsp3) is 0.500. The van der Waals surface area contributed by atoms with E-state index in [-0.39, 0.29) is 5.69 Å². The topological polar surface area (TPSA) is 64.4 Å². The van der Waals surface area contributed by atoms with Crippen molar-refractivity contribution in [3.8, 4) is 5.75 Å². The molecule has 0 saturated carbocycles. The summed E-state index contributed by atoms with van der Waals surface area (Å²) in [6.45, 7) is 4.80. The van der Waals surface area contributed by atoms with Crippen LogP contribution < -0.4 is 10.1 Å². The van der Waals surface area contributed by atoms with Gasteiger partial charge in [-0.2, -0.15) is 0 Å². The Morgan fingerprint density at radius 1 is 1.53 bits per heavy atom. The van der Waals surface area contributed by atoms with E-state index >= 15 is 0 Å². The summed E-state index contributed by atoms with van der Waals surface area (Å²) in [5.74, 6) is 0.294. The van der Waals surface area contributed by atoms with Crippen LogP contribution in [-0.2, 0) is 6.54 Å². The molecule has 1 aromatic rings. The lowest BCUT2D eigenvalue weighted by Gasteiger charge is -2.11. The van der Waals surface area contributed by atoms with Gasteiger partial charge in [0.15, 0.2) is 5.75 Å². The number of hydrogen-bond donors (Lipinski definition) is 1. The van der Waals surface area contributed by atoms with Gasteiger partial charge >= 0.3 is 5.69 Å². The Labute approximate surface area is 101 Å². The van der Waals surface area contributed by atoms with E-state index in [9.17, 15) is 10.1 Å². The maximum Gasteiger partial charge on any atom is 0.311 e. The van der Waals surface area contributed by atoms with Gasteiger partial charge in [0.05, 0.1) is 12.0 Å². The number of nitro benzene ring substituents is 1. The smallest absolute Gasteiger partial charge is 0.311 e. The Morgan fingerprint density at radius 2 is 2.24 bits per heavy atom. The monoisotopic (exact) mass is 238 g/mol. The van der Waals surface area contributed by atoms with Crippen LogP contribution in [-0.4, -0.2) is 18.1 Å². The zero-order chi connectivity index (χ0) is 12.8. The molecule has 0 fully saturated rings. The number of methoxy groups -OCH3 is 1. The lowest BCUT2D eigenvalue weighted by Crippen LogP contribution is -2.24. The summed E-state index contributed by atoms with van der Waals surface area (Å²) < 4.78 is 4.95. The molecule has 0 bridgehead atoms. The molecule has 1 N–H and O–H groups in total. The number of nitrogens with one attached hydrogen (secondary N) is 1. The summed E-state index contributed by atoms with van der Waals surface area (Å²) in [6.07, 6.45) is 1.03. The van der Waals surface area contributed by atoms with E-state index < -0.39 is 4.92 Å². The molecule has 0 aromatic heterocycles. The van der Waals surface area contributed by atoms with E-state index in [2.05, 4.69) is 19.2 Å². The lowest BCUT2D eigenvalue weighted by atomic mass is 10.1. The van der Waals surface area contributed by atoms with Gasteiger partial charge in [-0.05, 0) is 25.0 Å². The molecule has 0 aliphatic rings. The third-order valence-electron chi connectivity index (χ3n) is 2.71. The van der Waals surface area contributed by atoms with Crippen molar-refractivity contribution in [3.05, 3.63) is 33.9 Å². The normalized spacial score (nSPS) is 12.2. The average Bonchev–Trinajstić information content (AvgIpc) is 2.35. The van der Waals surface area contributed by atoms with E-state index in [1.54, 1.807) is 12.1 Å². The van der Waals surface area contributed by atoms with Crippen molar-refractivity contribution in [2.45, 2.75) is 32.9 Å².